The minimum Gasteiger partial charge on any atom is -0.507 e. The third-order valence-electron chi connectivity index (χ3n) is 2.85. The molecule has 0 bridgehead atoms. The first-order chi connectivity index (χ1) is 10.6. The van der Waals surface area contributed by atoms with Gasteiger partial charge in [0.25, 0.3) is 5.91 Å². The Morgan fingerprint density at radius 1 is 1.23 bits per heavy atom. The van der Waals surface area contributed by atoms with Crippen molar-refractivity contribution in [1.29, 1.82) is 0 Å². The standard InChI is InChI=1S/C17H15BrN2O2/c1-12(7-8-13-5-3-2-4-6-13)19-20-17(22)15-11-14(18)9-10-16(15)21/h2-11,21H,1H3,(H,20,22)/b8-7+,19-12+. The zero-order valence-corrected chi connectivity index (χ0v) is 13.5. The lowest BCUT2D eigenvalue weighted by Crippen LogP contribution is -2.18. The Bertz CT molecular complexity index is 725. The topological polar surface area (TPSA) is 61.7 Å². The summed E-state index contributed by atoms with van der Waals surface area (Å²) in [6, 6.07) is 14.4. The van der Waals surface area contributed by atoms with E-state index in [2.05, 4.69) is 26.5 Å². The van der Waals surface area contributed by atoms with Crippen molar-refractivity contribution in [1.82, 2.24) is 5.43 Å². The van der Waals surface area contributed by atoms with Crippen LogP contribution in [0.5, 0.6) is 5.75 Å². The molecule has 2 rings (SSSR count). The molecule has 4 nitrogen and oxygen atoms in total. The number of hydrogen-bond acceptors (Lipinski definition) is 3. The van der Waals surface area contributed by atoms with Gasteiger partial charge in [-0.1, -0.05) is 52.3 Å². The highest BCUT2D eigenvalue weighted by Crippen LogP contribution is 2.21. The van der Waals surface area contributed by atoms with Gasteiger partial charge in [-0.05, 0) is 36.8 Å². The van der Waals surface area contributed by atoms with Crippen LogP contribution in [-0.2, 0) is 0 Å². The molecule has 0 saturated heterocycles. The second-order valence-electron chi connectivity index (χ2n) is 4.60. The molecule has 0 spiro atoms. The van der Waals surface area contributed by atoms with E-state index in [4.69, 9.17) is 0 Å². The van der Waals surface area contributed by atoms with Crippen molar-refractivity contribution in [2.24, 2.45) is 5.10 Å². The van der Waals surface area contributed by atoms with Gasteiger partial charge in [0.05, 0.1) is 11.3 Å². The maximum atomic E-state index is 12.0. The minimum absolute atomic E-state index is 0.0895. The predicted molar refractivity (Wildman–Crippen MR) is 91.9 cm³/mol. The zero-order chi connectivity index (χ0) is 15.9. The van der Waals surface area contributed by atoms with Crippen molar-refractivity contribution in [3.8, 4) is 5.75 Å². The van der Waals surface area contributed by atoms with Crippen LogP contribution < -0.4 is 5.43 Å². The molecule has 0 aromatic heterocycles. The van der Waals surface area contributed by atoms with Crippen LogP contribution in [0.25, 0.3) is 6.08 Å². The van der Waals surface area contributed by atoms with E-state index >= 15 is 0 Å². The maximum absolute atomic E-state index is 12.0. The number of nitrogens with one attached hydrogen (secondary N) is 1. The second kappa shape index (κ2) is 7.56. The molecule has 5 heteroatoms. The van der Waals surface area contributed by atoms with Crippen LogP contribution in [-0.4, -0.2) is 16.7 Å². The molecule has 0 aliphatic heterocycles. The third-order valence-corrected chi connectivity index (χ3v) is 3.35. The Balaban J connectivity index is 2.03. The van der Waals surface area contributed by atoms with E-state index in [1.165, 1.54) is 12.1 Å². The van der Waals surface area contributed by atoms with Crippen LogP contribution in [0.2, 0.25) is 0 Å². The first-order valence-electron chi connectivity index (χ1n) is 6.62. The van der Waals surface area contributed by atoms with Crippen molar-refractivity contribution in [2.75, 3.05) is 0 Å². The number of rotatable bonds is 4. The second-order valence-corrected chi connectivity index (χ2v) is 5.52. The summed E-state index contributed by atoms with van der Waals surface area (Å²) in [4.78, 5) is 12.0. The molecule has 22 heavy (non-hydrogen) atoms. The Morgan fingerprint density at radius 2 is 1.95 bits per heavy atom. The van der Waals surface area contributed by atoms with Gasteiger partial charge >= 0.3 is 0 Å². The molecule has 2 aromatic carbocycles. The predicted octanol–water partition coefficient (Wildman–Crippen LogP) is 3.97. The summed E-state index contributed by atoms with van der Waals surface area (Å²) in [6.45, 7) is 1.78. The molecule has 0 aliphatic rings. The van der Waals surface area contributed by atoms with E-state index in [0.717, 1.165) is 5.56 Å². The third kappa shape index (κ3) is 4.56. The molecule has 2 aromatic rings. The number of allylic oxidation sites excluding steroid dienone is 1. The van der Waals surface area contributed by atoms with Gasteiger partial charge in [-0.25, -0.2) is 5.43 Å². The SMILES string of the molecule is CC(/C=C/c1ccccc1)=N\NC(=O)c1cc(Br)ccc1O. The molecule has 0 atom stereocenters. The van der Waals surface area contributed by atoms with E-state index in [1.807, 2.05) is 36.4 Å². The smallest absolute Gasteiger partial charge is 0.275 e. The van der Waals surface area contributed by atoms with Crippen molar-refractivity contribution in [3.63, 3.8) is 0 Å². The van der Waals surface area contributed by atoms with Gasteiger partial charge in [-0.3, -0.25) is 4.79 Å². The molecule has 1 amide bonds. The van der Waals surface area contributed by atoms with Crippen LogP contribution >= 0.6 is 15.9 Å². The van der Waals surface area contributed by atoms with E-state index in [9.17, 15) is 9.90 Å². The fourth-order valence-electron chi connectivity index (χ4n) is 1.71. The quantitative estimate of drug-likeness (QED) is 0.641. The summed E-state index contributed by atoms with van der Waals surface area (Å²) in [6.07, 6.45) is 3.71. The Labute approximate surface area is 137 Å². The number of carbonyl (C=O) groups excluding carboxylic acids is 1. The van der Waals surface area contributed by atoms with Gasteiger partial charge in [0.1, 0.15) is 5.75 Å². The number of amides is 1. The van der Waals surface area contributed by atoms with Crippen molar-refractivity contribution >= 4 is 33.6 Å². The Morgan fingerprint density at radius 3 is 2.68 bits per heavy atom. The average molecular weight is 359 g/mol. The number of halogens is 1. The van der Waals surface area contributed by atoms with Gasteiger partial charge in [0.15, 0.2) is 0 Å². The van der Waals surface area contributed by atoms with Gasteiger partial charge in [0, 0.05) is 4.47 Å². The summed E-state index contributed by atoms with van der Waals surface area (Å²) >= 11 is 3.26. The molecule has 112 valence electrons. The Hall–Kier alpha value is -2.40. The van der Waals surface area contributed by atoms with E-state index in [0.29, 0.717) is 10.2 Å². The lowest BCUT2D eigenvalue weighted by molar-refractivity contribution is 0.0952. The average Bonchev–Trinajstić information content (AvgIpc) is 2.54. The van der Waals surface area contributed by atoms with E-state index in [-0.39, 0.29) is 11.3 Å². The van der Waals surface area contributed by atoms with Gasteiger partial charge < -0.3 is 5.11 Å². The number of hydrogen-bond donors (Lipinski definition) is 2. The molecule has 0 unspecified atom stereocenters. The highest BCUT2D eigenvalue weighted by atomic mass is 79.9. The largest absolute Gasteiger partial charge is 0.507 e. The van der Waals surface area contributed by atoms with E-state index < -0.39 is 5.91 Å². The molecule has 0 heterocycles. The highest BCUT2D eigenvalue weighted by molar-refractivity contribution is 9.10. The molecule has 0 radical (unpaired) electrons. The molecule has 0 saturated carbocycles. The lowest BCUT2D eigenvalue weighted by atomic mass is 10.2. The number of phenolic OH excluding ortho intramolecular Hbond substituents is 1. The fourth-order valence-corrected chi connectivity index (χ4v) is 2.07. The Kier molecular flexibility index (Phi) is 5.49. The number of carbonyl (C=O) groups is 1. The minimum atomic E-state index is -0.466. The number of benzene rings is 2. The summed E-state index contributed by atoms with van der Waals surface area (Å²) in [5.41, 5.74) is 4.28. The fraction of sp³-hybridized carbons (Fsp3) is 0.0588. The van der Waals surface area contributed by atoms with Crippen LogP contribution in [0, 0.1) is 0 Å². The summed E-state index contributed by atoms with van der Waals surface area (Å²) in [7, 11) is 0. The molecule has 0 fully saturated rings. The van der Waals surface area contributed by atoms with Crippen LogP contribution in [0.1, 0.15) is 22.8 Å². The molecular formula is C17H15BrN2O2. The lowest BCUT2D eigenvalue weighted by Gasteiger charge is -2.04. The summed E-state index contributed by atoms with van der Waals surface area (Å²) < 4.78 is 0.708. The maximum Gasteiger partial charge on any atom is 0.275 e. The highest BCUT2D eigenvalue weighted by Gasteiger charge is 2.10. The zero-order valence-electron chi connectivity index (χ0n) is 12.0. The molecule has 2 N–H and O–H groups in total. The monoisotopic (exact) mass is 358 g/mol. The first kappa shape index (κ1) is 16.0. The molecule has 0 aliphatic carbocycles. The molecular weight excluding hydrogens is 344 g/mol. The van der Waals surface area contributed by atoms with Crippen LogP contribution in [0.3, 0.4) is 0 Å². The van der Waals surface area contributed by atoms with Crippen molar-refractivity contribution in [3.05, 3.63) is 70.2 Å². The number of aromatic hydroxyl groups is 1. The number of nitrogens with zero attached hydrogens (tertiary/aromatic N) is 1. The first-order valence-corrected chi connectivity index (χ1v) is 7.42. The van der Waals surface area contributed by atoms with Gasteiger partial charge in [-0.15, -0.1) is 0 Å². The van der Waals surface area contributed by atoms with Gasteiger partial charge in [0.2, 0.25) is 0 Å². The van der Waals surface area contributed by atoms with Crippen molar-refractivity contribution < 1.29 is 9.90 Å². The van der Waals surface area contributed by atoms with Crippen LogP contribution in [0.15, 0.2) is 64.2 Å². The van der Waals surface area contributed by atoms with E-state index in [1.54, 1.807) is 19.1 Å². The number of hydrazone groups is 1. The van der Waals surface area contributed by atoms with Crippen LogP contribution in [0.4, 0.5) is 0 Å². The van der Waals surface area contributed by atoms with Gasteiger partial charge in [-0.2, -0.15) is 5.10 Å². The van der Waals surface area contributed by atoms with Crippen molar-refractivity contribution in [2.45, 2.75) is 6.92 Å². The normalized spacial score (nSPS) is 11.6. The summed E-state index contributed by atoms with van der Waals surface area (Å²) in [5, 5.41) is 13.7. The number of phenols is 1. The summed E-state index contributed by atoms with van der Waals surface area (Å²) in [5.74, 6) is -0.556.